The van der Waals surface area contributed by atoms with E-state index >= 15 is 0 Å². The number of hydrogen-bond donors (Lipinski definition) is 2. The number of nitrogens with one attached hydrogen (secondary N) is 2. The van der Waals surface area contributed by atoms with Crippen LogP contribution in [-0.4, -0.2) is 40.8 Å². The van der Waals surface area contributed by atoms with Crippen LogP contribution in [0.25, 0.3) is 0 Å². The van der Waals surface area contributed by atoms with Gasteiger partial charge in [-0.25, -0.2) is 0 Å². The summed E-state index contributed by atoms with van der Waals surface area (Å²) in [7, 11) is 3.61. The van der Waals surface area contributed by atoms with Crippen LogP contribution in [0, 0.1) is 0 Å². The van der Waals surface area contributed by atoms with Crippen LogP contribution in [0.5, 0.6) is 0 Å². The second-order valence-electron chi connectivity index (χ2n) is 4.03. The monoisotopic (exact) mass is 256 g/mol. The molecule has 0 aliphatic heterocycles. The van der Waals surface area contributed by atoms with E-state index < -0.39 is 0 Å². The van der Waals surface area contributed by atoms with Crippen molar-refractivity contribution in [2.45, 2.75) is 19.0 Å². The Morgan fingerprint density at radius 1 is 1.65 bits per heavy atom. The number of nitrogens with zero attached hydrogens (tertiary/aromatic N) is 2. The quantitative estimate of drug-likeness (QED) is 0.780. The SMILES string of the molecule is CNC(C(=O)NC(C)CSC)c1cnn(C)c1. The Kier molecular flexibility index (Phi) is 5.50. The highest BCUT2D eigenvalue weighted by atomic mass is 32.2. The molecule has 0 aromatic carbocycles. The largest absolute Gasteiger partial charge is 0.351 e. The third kappa shape index (κ3) is 4.05. The molecule has 17 heavy (non-hydrogen) atoms. The second-order valence-corrected chi connectivity index (χ2v) is 4.94. The predicted octanol–water partition coefficient (Wildman–Crippen LogP) is 0.548. The average Bonchev–Trinajstić information content (AvgIpc) is 2.66. The van der Waals surface area contributed by atoms with Crippen LogP contribution in [0.4, 0.5) is 0 Å². The van der Waals surface area contributed by atoms with Gasteiger partial charge in [0.05, 0.1) is 6.20 Å². The van der Waals surface area contributed by atoms with Gasteiger partial charge in [0.2, 0.25) is 5.91 Å². The van der Waals surface area contributed by atoms with E-state index in [1.165, 1.54) is 0 Å². The lowest BCUT2D eigenvalue weighted by Crippen LogP contribution is -2.41. The lowest BCUT2D eigenvalue weighted by molar-refractivity contribution is -0.123. The van der Waals surface area contributed by atoms with Gasteiger partial charge in [0.15, 0.2) is 0 Å². The molecule has 0 fully saturated rings. The summed E-state index contributed by atoms with van der Waals surface area (Å²) in [5.41, 5.74) is 0.879. The van der Waals surface area contributed by atoms with E-state index in [1.54, 1.807) is 29.7 Å². The molecule has 2 unspecified atom stereocenters. The summed E-state index contributed by atoms with van der Waals surface area (Å²) in [4.78, 5) is 12.0. The molecule has 1 aromatic rings. The Balaban J connectivity index is 2.64. The highest BCUT2D eigenvalue weighted by Crippen LogP contribution is 2.11. The summed E-state index contributed by atoms with van der Waals surface area (Å²) in [5.74, 6) is 0.900. The fourth-order valence-corrected chi connectivity index (χ4v) is 2.24. The highest BCUT2D eigenvalue weighted by Gasteiger charge is 2.21. The van der Waals surface area contributed by atoms with Crippen LogP contribution in [0.3, 0.4) is 0 Å². The van der Waals surface area contributed by atoms with E-state index in [0.717, 1.165) is 11.3 Å². The van der Waals surface area contributed by atoms with Gasteiger partial charge in [-0.2, -0.15) is 16.9 Å². The zero-order chi connectivity index (χ0) is 12.8. The molecule has 2 N–H and O–H groups in total. The first-order valence-corrected chi connectivity index (χ1v) is 6.93. The number of carbonyl (C=O) groups excluding carboxylic acids is 1. The molecule has 1 rings (SSSR count). The number of hydrogen-bond acceptors (Lipinski definition) is 4. The minimum Gasteiger partial charge on any atom is -0.351 e. The smallest absolute Gasteiger partial charge is 0.242 e. The molecule has 1 amide bonds. The first kappa shape index (κ1) is 14.1. The Hall–Kier alpha value is -1.01. The van der Waals surface area contributed by atoms with Gasteiger partial charge in [-0.05, 0) is 20.2 Å². The molecular weight excluding hydrogens is 236 g/mol. The van der Waals surface area contributed by atoms with Gasteiger partial charge in [0, 0.05) is 30.6 Å². The molecule has 96 valence electrons. The maximum absolute atomic E-state index is 12.0. The molecule has 6 heteroatoms. The van der Waals surface area contributed by atoms with E-state index in [4.69, 9.17) is 0 Å². The molecule has 0 aliphatic carbocycles. The zero-order valence-electron chi connectivity index (χ0n) is 10.7. The number of aromatic nitrogens is 2. The van der Waals surface area contributed by atoms with Crippen molar-refractivity contribution in [3.8, 4) is 0 Å². The van der Waals surface area contributed by atoms with Crippen molar-refractivity contribution in [1.82, 2.24) is 20.4 Å². The molecule has 5 nitrogen and oxygen atoms in total. The van der Waals surface area contributed by atoms with Gasteiger partial charge in [0.1, 0.15) is 6.04 Å². The van der Waals surface area contributed by atoms with Crippen molar-refractivity contribution in [2.24, 2.45) is 7.05 Å². The predicted molar refractivity (Wildman–Crippen MR) is 71.0 cm³/mol. The summed E-state index contributed by atoms with van der Waals surface area (Å²) in [6.45, 7) is 2.00. The van der Waals surface area contributed by atoms with Crippen LogP contribution in [0.2, 0.25) is 0 Å². The van der Waals surface area contributed by atoms with Crippen molar-refractivity contribution in [3.63, 3.8) is 0 Å². The third-order valence-electron chi connectivity index (χ3n) is 2.41. The Bertz CT molecular complexity index is 366. The molecule has 0 spiro atoms. The van der Waals surface area contributed by atoms with Crippen LogP contribution in [0.15, 0.2) is 12.4 Å². The molecule has 0 saturated carbocycles. The summed E-state index contributed by atoms with van der Waals surface area (Å²) < 4.78 is 1.69. The normalized spacial score (nSPS) is 14.4. The standard InChI is InChI=1S/C11H20N4OS/c1-8(7-17-4)14-11(16)10(12-2)9-5-13-15(3)6-9/h5-6,8,10,12H,7H2,1-4H3,(H,14,16). The number of amides is 1. The van der Waals surface area contributed by atoms with Gasteiger partial charge >= 0.3 is 0 Å². The number of thioether (sulfide) groups is 1. The van der Waals surface area contributed by atoms with Crippen LogP contribution >= 0.6 is 11.8 Å². The summed E-state index contributed by atoms with van der Waals surface area (Å²) in [6.07, 6.45) is 5.58. The van der Waals surface area contributed by atoms with E-state index in [1.807, 2.05) is 26.4 Å². The molecule has 2 atom stereocenters. The number of carbonyl (C=O) groups is 1. The number of likely N-dealkylation sites (N-methyl/N-ethyl adjacent to an activating group) is 1. The molecule has 1 heterocycles. The molecular formula is C11H20N4OS. The number of aryl methyl sites for hydroxylation is 1. The van der Waals surface area contributed by atoms with Crippen molar-refractivity contribution in [2.75, 3.05) is 19.1 Å². The maximum Gasteiger partial charge on any atom is 0.242 e. The van der Waals surface area contributed by atoms with Crippen molar-refractivity contribution >= 4 is 17.7 Å². The summed E-state index contributed by atoms with van der Waals surface area (Å²) >= 11 is 1.72. The zero-order valence-corrected chi connectivity index (χ0v) is 11.5. The van der Waals surface area contributed by atoms with Gasteiger partial charge < -0.3 is 10.6 Å². The molecule has 0 bridgehead atoms. The Labute approximate surface area is 106 Å². The lowest BCUT2D eigenvalue weighted by Gasteiger charge is -2.18. The second kappa shape index (κ2) is 6.66. The minimum absolute atomic E-state index is 0.0120. The van der Waals surface area contributed by atoms with Gasteiger partial charge in [-0.3, -0.25) is 9.48 Å². The number of rotatable bonds is 6. The topological polar surface area (TPSA) is 59.0 Å². The van der Waals surface area contributed by atoms with E-state index in [-0.39, 0.29) is 18.0 Å². The third-order valence-corrected chi connectivity index (χ3v) is 3.25. The highest BCUT2D eigenvalue weighted by molar-refractivity contribution is 7.98. The Morgan fingerprint density at radius 2 is 2.35 bits per heavy atom. The van der Waals surface area contributed by atoms with Gasteiger partial charge in [-0.1, -0.05) is 0 Å². The fourth-order valence-electron chi connectivity index (χ4n) is 1.66. The molecule has 0 saturated heterocycles. The Morgan fingerprint density at radius 3 is 2.82 bits per heavy atom. The summed E-state index contributed by atoms with van der Waals surface area (Å²) in [5, 5.41) is 10.1. The van der Waals surface area contributed by atoms with Crippen LogP contribution in [0.1, 0.15) is 18.5 Å². The van der Waals surface area contributed by atoms with Gasteiger partial charge in [0.25, 0.3) is 0 Å². The first-order valence-electron chi connectivity index (χ1n) is 5.53. The average molecular weight is 256 g/mol. The van der Waals surface area contributed by atoms with E-state index in [0.29, 0.717) is 0 Å². The molecule has 0 aliphatic rings. The van der Waals surface area contributed by atoms with Crippen LogP contribution in [-0.2, 0) is 11.8 Å². The maximum atomic E-state index is 12.0. The van der Waals surface area contributed by atoms with Gasteiger partial charge in [-0.15, -0.1) is 0 Å². The fraction of sp³-hybridized carbons (Fsp3) is 0.636. The van der Waals surface area contributed by atoms with E-state index in [2.05, 4.69) is 15.7 Å². The lowest BCUT2D eigenvalue weighted by atomic mass is 10.1. The summed E-state index contributed by atoms with van der Waals surface area (Å²) in [6, 6.07) is -0.168. The van der Waals surface area contributed by atoms with Crippen LogP contribution < -0.4 is 10.6 Å². The minimum atomic E-state index is -0.340. The van der Waals surface area contributed by atoms with Crippen molar-refractivity contribution in [3.05, 3.63) is 18.0 Å². The van der Waals surface area contributed by atoms with E-state index in [9.17, 15) is 4.79 Å². The van der Waals surface area contributed by atoms with Crippen molar-refractivity contribution in [1.29, 1.82) is 0 Å². The molecule has 0 radical (unpaired) electrons. The van der Waals surface area contributed by atoms with Crippen molar-refractivity contribution < 1.29 is 4.79 Å². The first-order chi connectivity index (χ1) is 8.08. The molecule has 1 aromatic heterocycles.